The molecule has 0 aliphatic rings. The zero-order chi connectivity index (χ0) is 7.28. The molecule has 0 aromatic heterocycles. The lowest BCUT2D eigenvalue weighted by Gasteiger charge is -1.95. The van der Waals surface area contributed by atoms with Crippen molar-refractivity contribution in [2.75, 3.05) is 0 Å². The van der Waals surface area contributed by atoms with Crippen LogP contribution in [0.2, 0.25) is 0 Å². The first-order valence-electron chi connectivity index (χ1n) is 2.03. The highest BCUT2D eigenvalue weighted by Gasteiger charge is 2.04. The van der Waals surface area contributed by atoms with Crippen molar-refractivity contribution >= 4 is 17.6 Å². The van der Waals surface area contributed by atoms with Gasteiger partial charge in [0, 0.05) is 0 Å². The van der Waals surface area contributed by atoms with Gasteiger partial charge in [0.05, 0.1) is 11.8 Å². The van der Waals surface area contributed by atoms with E-state index in [1.54, 1.807) is 0 Å². The third-order valence-corrected chi connectivity index (χ3v) is 0.718. The number of carboxylic acids is 1. The van der Waals surface area contributed by atoms with Gasteiger partial charge in [-0.3, -0.25) is 0 Å². The summed E-state index contributed by atoms with van der Waals surface area (Å²) in [5.74, 6) is -1.56. The van der Waals surface area contributed by atoms with Crippen LogP contribution >= 0.6 is 11.6 Å². The van der Waals surface area contributed by atoms with Gasteiger partial charge in [-0.2, -0.15) is 0 Å². The van der Waals surface area contributed by atoms with Gasteiger partial charge < -0.3 is 9.84 Å². The molecule has 0 aromatic rings. The fourth-order valence-corrected chi connectivity index (χ4v) is 0.357. The Bertz CT molecular complexity index is 150. The first-order chi connectivity index (χ1) is 4.22. The second-order valence-electron chi connectivity index (χ2n) is 1.06. The molecule has 0 rings (SSSR count). The number of hydrogen-bond acceptors (Lipinski definition) is 2. The van der Waals surface area contributed by atoms with Crippen LogP contribution in [0.5, 0.6) is 0 Å². The van der Waals surface area contributed by atoms with Crippen LogP contribution < -0.4 is 0 Å². The largest absolute Gasteiger partial charge is 0.475 e. The Labute approximate surface area is 57.2 Å². The Morgan fingerprint density at radius 1 is 1.78 bits per heavy atom. The van der Waals surface area contributed by atoms with Gasteiger partial charge in [-0.05, 0) is 0 Å². The van der Waals surface area contributed by atoms with Crippen LogP contribution in [0, 0.1) is 0 Å². The highest BCUT2D eigenvalue weighted by atomic mass is 35.5. The molecule has 0 radical (unpaired) electrons. The Morgan fingerprint density at radius 2 is 2.33 bits per heavy atom. The summed E-state index contributed by atoms with van der Waals surface area (Å²) in [6.45, 7) is 3.15. The molecule has 0 heterocycles. The van der Waals surface area contributed by atoms with Gasteiger partial charge in [-0.1, -0.05) is 18.2 Å². The van der Waals surface area contributed by atoms with E-state index in [0.29, 0.717) is 0 Å². The Kier molecular flexibility index (Phi) is 3.55. The monoisotopic (exact) mass is 148 g/mol. The minimum Gasteiger partial charge on any atom is -0.475 e. The minimum atomic E-state index is -1.22. The molecule has 50 valence electrons. The molecule has 0 saturated heterocycles. The summed E-state index contributed by atoms with van der Waals surface area (Å²) >= 11 is 5.03. The Hall–Kier alpha value is -0.960. The van der Waals surface area contributed by atoms with Gasteiger partial charge in [-0.15, -0.1) is 0 Å². The van der Waals surface area contributed by atoms with Crippen LogP contribution in [0.15, 0.2) is 24.1 Å². The van der Waals surface area contributed by atoms with E-state index in [2.05, 4.69) is 11.3 Å². The van der Waals surface area contributed by atoms with Gasteiger partial charge in [-0.25, -0.2) is 4.79 Å². The third kappa shape index (κ3) is 2.77. The van der Waals surface area contributed by atoms with Crippen LogP contribution in [-0.4, -0.2) is 11.1 Å². The fourth-order valence-electron chi connectivity index (χ4n) is 0.213. The van der Waals surface area contributed by atoms with Gasteiger partial charge in [0.1, 0.15) is 0 Å². The minimum absolute atomic E-state index is 0.341. The molecule has 3 nitrogen and oxygen atoms in total. The van der Waals surface area contributed by atoms with Crippen molar-refractivity contribution in [3.63, 3.8) is 0 Å². The summed E-state index contributed by atoms with van der Waals surface area (Å²) in [6, 6.07) is 0. The van der Waals surface area contributed by atoms with Crippen molar-refractivity contribution in [2.24, 2.45) is 0 Å². The molecule has 4 heteroatoms. The van der Waals surface area contributed by atoms with Gasteiger partial charge in [0.2, 0.25) is 5.76 Å². The lowest BCUT2D eigenvalue weighted by Crippen LogP contribution is -2.00. The average Bonchev–Trinajstić information content (AvgIpc) is 1.82. The molecule has 0 bridgehead atoms. The molecular weight excluding hydrogens is 144 g/mol. The van der Waals surface area contributed by atoms with Crippen LogP contribution in [0.1, 0.15) is 0 Å². The van der Waals surface area contributed by atoms with Crippen molar-refractivity contribution < 1.29 is 14.6 Å². The second kappa shape index (κ2) is 3.97. The molecule has 0 aliphatic heterocycles. The highest BCUT2D eigenvalue weighted by molar-refractivity contribution is 6.27. The van der Waals surface area contributed by atoms with Gasteiger partial charge in [0.25, 0.3) is 0 Å². The predicted octanol–water partition coefficient (Wildman–Crippen LogP) is 1.31. The normalized spacial score (nSPS) is 10.6. The summed E-state index contributed by atoms with van der Waals surface area (Å²) < 4.78 is 4.35. The zero-order valence-electron chi connectivity index (χ0n) is 4.50. The molecule has 0 atom stereocenters. The fraction of sp³-hybridized carbons (Fsp3) is 0. The highest BCUT2D eigenvalue weighted by Crippen LogP contribution is 1.98. The maximum Gasteiger partial charge on any atom is 0.372 e. The first kappa shape index (κ1) is 8.04. The zero-order valence-corrected chi connectivity index (χ0v) is 5.26. The lowest BCUT2D eigenvalue weighted by atomic mass is 10.6. The smallest absolute Gasteiger partial charge is 0.372 e. The second-order valence-corrected chi connectivity index (χ2v) is 1.28. The van der Waals surface area contributed by atoms with Crippen molar-refractivity contribution in [1.82, 2.24) is 0 Å². The maximum absolute atomic E-state index is 9.99. The van der Waals surface area contributed by atoms with E-state index in [1.165, 1.54) is 0 Å². The summed E-state index contributed by atoms with van der Waals surface area (Å²) in [6.07, 6.45) is 0.988. The number of halogens is 1. The van der Waals surface area contributed by atoms with Crippen LogP contribution in [0.3, 0.4) is 0 Å². The van der Waals surface area contributed by atoms with E-state index < -0.39 is 5.97 Å². The number of rotatable bonds is 3. The topological polar surface area (TPSA) is 46.5 Å². The maximum atomic E-state index is 9.99. The number of hydrogen-bond donors (Lipinski definition) is 1. The number of ether oxygens (including phenoxy) is 1. The molecule has 0 unspecified atom stereocenters. The SMILES string of the molecule is C=COC(=CCl)C(=O)O. The molecule has 0 amide bonds. The van der Waals surface area contributed by atoms with Crippen molar-refractivity contribution in [3.05, 3.63) is 24.1 Å². The van der Waals surface area contributed by atoms with Gasteiger partial charge >= 0.3 is 5.97 Å². The third-order valence-electron chi connectivity index (χ3n) is 0.520. The van der Waals surface area contributed by atoms with Crippen molar-refractivity contribution in [3.8, 4) is 0 Å². The van der Waals surface area contributed by atoms with E-state index >= 15 is 0 Å². The van der Waals surface area contributed by atoms with E-state index in [9.17, 15) is 4.79 Å². The molecule has 0 fully saturated rings. The number of carboxylic acid groups (broad SMARTS) is 1. The van der Waals surface area contributed by atoms with Gasteiger partial charge in [0.15, 0.2) is 0 Å². The molecule has 1 N–H and O–H groups in total. The summed E-state index contributed by atoms with van der Waals surface area (Å²) in [5.41, 5.74) is 0.823. The number of carbonyl (C=O) groups is 1. The van der Waals surface area contributed by atoms with Crippen LogP contribution in [-0.2, 0) is 9.53 Å². The van der Waals surface area contributed by atoms with Crippen molar-refractivity contribution in [2.45, 2.75) is 0 Å². The Morgan fingerprint density at radius 3 is 2.44 bits per heavy atom. The van der Waals surface area contributed by atoms with E-state index in [1.807, 2.05) is 0 Å². The van der Waals surface area contributed by atoms with E-state index in [-0.39, 0.29) is 5.76 Å². The van der Waals surface area contributed by atoms with E-state index in [0.717, 1.165) is 11.8 Å². The van der Waals surface area contributed by atoms with Crippen LogP contribution in [0.25, 0.3) is 0 Å². The summed E-state index contributed by atoms with van der Waals surface area (Å²) in [7, 11) is 0. The molecule has 0 saturated carbocycles. The predicted molar refractivity (Wildman–Crippen MR) is 32.9 cm³/mol. The van der Waals surface area contributed by atoms with E-state index in [4.69, 9.17) is 16.7 Å². The average molecular weight is 149 g/mol. The standard InChI is InChI=1S/C5H5ClO3/c1-2-9-4(3-6)5(7)8/h2-3H,1H2,(H,7,8). The molecule has 9 heavy (non-hydrogen) atoms. The number of aliphatic carboxylic acids is 1. The molecule has 0 aliphatic carbocycles. The molecular formula is C5H5ClO3. The lowest BCUT2D eigenvalue weighted by molar-refractivity contribution is -0.135. The molecule has 0 aromatic carbocycles. The Balaban J connectivity index is 4.00. The quantitative estimate of drug-likeness (QED) is 0.485. The first-order valence-corrected chi connectivity index (χ1v) is 2.47. The summed E-state index contributed by atoms with van der Waals surface area (Å²) in [4.78, 5) is 9.99. The molecule has 0 spiro atoms. The summed E-state index contributed by atoms with van der Waals surface area (Å²) in [5, 5.41) is 8.18. The van der Waals surface area contributed by atoms with Crippen LogP contribution in [0.4, 0.5) is 0 Å². The van der Waals surface area contributed by atoms with Crippen molar-refractivity contribution in [1.29, 1.82) is 0 Å².